The number of rotatable bonds is 8. The van der Waals surface area contributed by atoms with Gasteiger partial charge in [0, 0.05) is 22.7 Å². The Labute approximate surface area is 345 Å². The fourth-order valence-electron chi connectivity index (χ4n) is 12.3. The Morgan fingerprint density at radius 2 is 1.48 bits per heavy atom. The van der Waals surface area contributed by atoms with E-state index in [0.29, 0.717) is 46.8 Å². The number of halogens is 3. The maximum absolute atomic E-state index is 14.6. The molecule has 2 aromatic carbocycles. The van der Waals surface area contributed by atoms with Gasteiger partial charge in [0.15, 0.2) is 0 Å². The number of ether oxygens (including phenoxy) is 2. The maximum atomic E-state index is 14.6. The fraction of sp³-hybridized carbons (Fsp3) is 0.615. The second kappa shape index (κ2) is 13.3. The van der Waals surface area contributed by atoms with Gasteiger partial charge in [0.1, 0.15) is 16.7 Å². The molecule has 1 amide bonds. The highest BCUT2D eigenvalue weighted by Gasteiger charge is 2.71. The summed E-state index contributed by atoms with van der Waals surface area (Å²) in [5.41, 5.74) is 1.64. The first-order valence-electron chi connectivity index (χ1n) is 18.7. The van der Waals surface area contributed by atoms with Crippen LogP contribution in [0.25, 0.3) is 0 Å². The predicted molar refractivity (Wildman–Crippen MR) is 216 cm³/mol. The third-order valence-electron chi connectivity index (χ3n) is 14.1. The molecule has 52 heavy (non-hydrogen) atoms. The van der Waals surface area contributed by atoms with E-state index in [9.17, 15) is 27.4 Å². The van der Waals surface area contributed by atoms with Gasteiger partial charge in [-0.1, -0.05) is 12.8 Å². The van der Waals surface area contributed by atoms with Gasteiger partial charge < -0.3 is 14.4 Å². The van der Waals surface area contributed by atoms with Crippen LogP contribution in [0.5, 0.6) is 5.75 Å². The van der Waals surface area contributed by atoms with Crippen molar-refractivity contribution in [2.45, 2.75) is 107 Å². The van der Waals surface area contributed by atoms with Crippen molar-refractivity contribution in [1.29, 1.82) is 0 Å². The zero-order chi connectivity index (χ0) is 36.5. The molecule has 7 aliphatic rings. The van der Waals surface area contributed by atoms with Gasteiger partial charge in [-0.3, -0.25) is 14.1 Å². The number of benzene rings is 2. The van der Waals surface area contributed by atoms with Gasteiger partial charge in [-0.15, -0.1) is 0 Å². The first-order valence-corrected chi connectivity index (χ1v) is 23.4. The molecule has 12 unspecified atom stereocenters. The molecule has 1 heterocycles. The molecule has 9 nitrogen and oxygen atoms in total. The van der Waals surface area contributed by atoms with Crippen molar-refractivity contribution in [3.05, 3.63) is 51.7 Å². The zero-order valence-electron chi connectivity index (χ0n) is 29.0. The van der Waals surface area contributed by atoms with Crippen LogP contribution in [-0.4, -0.2) is 53.9 Å². The Kier molecular flexibility index (Phi) is 9.34. The Bertz CT molecular complexity index is 1950. The van der Waals surface area contributed by atoms with Gasteiger partial charge in [-0.2, -0.15) is 8.42 Å². The first-order chi connectivity index (χ1) is 24.7. The van der Waals surface area contributed by atoms with Crippen LogP contribution < -0.4 is 4.74 Å². The van der Waals surface area contributed by atoms with E-state index in [2.05, 4.69) is 67.8 Å². The molecule has 9 rings (SSSR count). The highest BCUT2D eigenvalue weighted by Crippen LogP contribution is 2.61. The minimum Gasteiger partial charge on any atom is -0.456 e. The van der Waals surface area contributed by atoms with E-state index in [0.717, 1.165) is 62.1 Å². The van der Waals surface area contributed by atoms with Crippen molar-refractivity contribution in [3.8, 4) is 5.75 Å². The molecule has 6 aliphatic carbocycles. The Morgan fingerprint density at radius 1 is 0.865 bits per heavy atom. The van der Waals surface area contributed by atoms with Crippen LogP contribution in [0, 0.1) is 58.1 Å². The Morgan fingerprint density at radius 3 is 2.00 bits per heavy atom. The number of fused-ring (bicyclic) bond motifs is 5. The quantitative estimate of drug-likeness (QED) is 0.0923. The van der Waals surface area contributed by atoms with Crippen molar-refractivity contribution < 1.29 is 36.8 Å². The second-order valence-electron chi connectivity index (χ2n) is 17.0. The van der Waals surface area contributed by atoms with Crippen LogP contribution in [0.2, 0.25) is 0 Å². The summed E-state index contributed by atoms with van der Waals surface area (Å²) >= 11 is 6.56. The number of amides is 1. The summed E-state index contributed by atoms with van der Waals surface area (Å²) in [5, 5.41) is 0. The normalized spacial score (nSPS) is 36.8. The zero-order valence-corrected chi connectivity index (χ0v) is 36.3. The predicted octanol–water partition coefficient (Wildman–Crippen LogP) is 8.19. The monoisotopic (exact) mass is 1060 g/mol. The number of hydrogen-bond acceptors (Lipinski definition) is 7. The minimum atomic E-state index is -4.56. The summed E-state index contributed by atoms with van der Waals surface area (Å²) in [6, 6.07) is 6.77. The van der Waals surface area contributed by atoms with E-state index in [1.165, 1.54) is 0 Å². The lowest BCUT2D eigenvalue weighted by molar-refractivity contribution is -0.147. The van der Waals surface area contributed by atoms with Crippen molar-refractivity contribution in [2.75, 3.05) is 0 Å². The van der Waals surface area contributed by atoms with Gasteiger partial charge >= 0.3 is 11.9 Å². The van der Waals surface area contributed by atoms with Crippen LogP contribution in [0.3, 0.4) is 0 Å². The third kappa shape index (κ3) is 5.83. The molecule has 1 N–H and O–H groups in total. The lowest BCUT2D eigenvalue weighted by Gasteiger charge is -2.35. The standard InChI is InChI=1S/C39H42I3NO8S/c1-16(2)43-34-27-15-28(35(34)51-38(45)29-11-21(40)12-30(41)33(29)42)32(31(27)37(43)44)39(46)50-22-13-25(23-9-17-3-5-19(23)7-17)36(52(47,48)49)26(14-22)24-10-18-4-6-20(24)8-18/h11-14,16-20,23-24,27-28,31-32,34-35H,3-10,15H2,1-2H3,(H,47,48,49). The molecular formula is C39H42I3NO8S. The van der Waals surface area contributed by atoms with E-state index < -0.39 is 45.9 Å². The van der Waals surface area contributed by atoms with E-state index in [1.54, 1.807) is 12.1 Å². The molecule has 13 heteroatoms. The molecule has 278 valence electrons. The number of carbonyl (C=O) groups is 3. The second-order valence-corrected chi connectivity index (χ2v) is 21.8. The minimum absolute atomic E-state index is 0.0263. The lowest BCUT2D eigenvalue weighted by Crippen LogP contribution is -2.48. The largest absolute Gasteiger partial charge is 0.456 e. The topological polar surface area (TPSA) is 127 Å². The van der Waals surface area contributed by atoms with Crippen LogP contribution in [0.4, 0.5) is 0 Å². The average Bonchev–Trinajstić information content (AvgIpc) is 3.94. The maximum Gasteiger partial charge on any atom is 0.339 e. The van der Waals surface area contributed by atoms with Crippen LogP contribution >= 0.6 is 67.8 Å². The fourth-order valence-corrected chi connectivity index (χ4v) is 15.7. The van der Waals surface area contributed by atoms with E-state index in [-0.39, 0.29) is 46.4 Å². The van der Waals surface area contributed by atoms with E-state index >= 15 is 0 Å². The molecule has 6 saturated carbocycles. The van der Waals surface area contributed by atoms with Crippen LogP contribution in [-0.2, 0) is 24.4 Å². The molecule has 1 saturated heterocycles. The van der Waals surface area contributed by atoms with Gasteiger partial charge in [0.05, 0.1) is 23.4 Å². The first kappa shape index (κ1) is 36.6. The summed E-state index contributed by atoms with van der Waals surface area (Å²) in [6.45, 7) is 3.91. The highest BCUT2D eigenvalue weighted by molar-refractivity contribution is 14.1. The summed E-state index contributed by atoms with van der Waals surface area (Å²) in [6.07, 6.45) is 8.06. The number of carbonyl (C=O) groups excluding carboxylic acids is 3. The molecule has 12 atom stereocenters. The molecular weight excluding hydrogens is 1020 g/mol. The molecule has 1 aliphatic heterocycles. The average molecular weight is 1070 g/mol. The molecule has 6 bridgehead atoms. The van der Waals surface area contributed by atoms with E-state index in [1.807, 2.05) is 30.9 Å². The summed E-state index contributed by atoms with van der Waals surface area (Å²) in [5.74, 6) is -1.02. The molecule has 0 aromatic heterocycles. The Hall–Kier alpha value is -1.05. The molecule has 0 spiro atoms. The van der Waals surface area contributed by atoms with Gasteiger partial charge in [0.25, 0.3) is 10.1 Å². The van der Waals surface area contributed by atoms with Crippen molar-refractivity contribution in [3.63, 3.8) is 0 Å². The van der Waals surface area contributed by atoms with Crippen LogP contribution in [0.15, 0.2) is 29.2 Å². The summed E-state index contributed by atoms with van der Waals surface area (Å²) in [4.78, 5) is 44.4. The smallest absolute Gasteiger partial charge is 0.339 e. The van der Waals surface area contributed by atoms with Crippen molar-refractivity contribution in [2.24, 2.45) is 47.3 Å². The van der Waals surface area contributed by atoms with Crippen molar-refractivity contribution in [1.82, 2.24) is 4.90 Å². The lowest BCUT2D eigenvalue weighted by atomic mass is 9.78. The number of hydrogen-bond donors (Lipinski definition) is 1. The van der Waals surface area contributed by atoms with Gasteiger partial charge in [-0.25, -0.2) is 4.79 Å². The molecule has 2 aromatic rings. The Balaban J connectivity index is 1.08. The van der Waals surface area contributed by atoms with Crippen molar-refractivity contribution >= 4 is 95.7 Å². The summed E-state index contributed by atoms with van der Waals surface area (Å²) in [7, 11) is -4.56. The van der Waals surface area contributed by atoms with Crippen LogP contribution in [0.1, 0.15) is 105 Å². The number of likely N-dealkylation sites (tertiary alicyclic amines) is 1. The van der Waals surface area contributed by atoms with Gasteiger partial charge in [-0.05, 0) is 203 Å². The SMILES string of the molecule is CC(C)N1C(=O)C2C3CC(C(OC(=O)c4cc(I)cc(I)c4I)C31)C2C(=O)Oc1cc(C2CC3CCC2C3)c(S(=O)(=O)O)c(C2CC3CCC2C3)c1. The molecule has 0 radical (unpaired) electrons. The highest BCUT2D eigenvalue weighted by atomic mass is 127. The molecule has 7 fully saturated rings. The van der Waals surface area contributed by atoms with Gasteiger partial charge in [0.2, 0.25) is 5.91 Å². The third-order valence-corrected chi connectivity index (χ3v) is 18.7. The van der Waals surface area contributed by atoms with E-state index in [4.69, 9.17) is 9.47 Å². The number of nitrogens with zero attached hydrogens (tertiary/aromatic N) is 1. The summed E-state index contributed by atoms with van der Waals surface area (Å²) < 4.78 is 52.7. The number of esters is 2.